The van der Waals surface area contributed by atoms with E-state index in [9.17, 15) is 4.79 Å². The molecule has 0 unspecified atom stereocenters. The van der Waals surface area contributed by atoms with Gasteiger partial charge in [0.15, 0.2) is 11.5 Å². The fourth-order valence-electron chi connectivity index (χ4n) is 4.33. The van der Waals surface area contributed by atoms with Crippen LogP contribution in [-0.2, 0) is 16.6 Å². The van der Waals surface area contributed by atoms with Gasteiger partial charge < -0.3 is 9.47 Å². The standard InChI is InChI=1S/C26H25NO3/c1-17(2)21-5-3-4-6-22(21)18-7-9-20(27-15-18)14-25(28)26(11-12-26)19-8-10-23-24(13-19)30-16-29-23/h3-10,13,15,17H,11-12,14,16H2,1-2H3. The molecule has 1 fully saturated rings. The van der Waals surface area contributed by atoms with Crippen LogP contribution in [0.4, 0.5) is 0 Å². The van der Waals surface area contributed by atoms with E-state index in [1.54, 1.807) is 0 Å². The molecule has 30 heavy (non-hydrogen) atoms. The molecule has 0 N–H and O–H groups in total. The van der Waals surface area contributed by atoms with Gasteiger partial charge in [-0.1, -0.05) is 50.2 Å². The Kier molecular flexibility index (Phi) is 4.58. The van der Waals surface area contributed by atoms with Gasteiger partial charge in [-0.25, -0.2) is 0 Å². The van der Waals surface area contributed by atoms with Crippen molar-refractivity contribution in [3.8, 4) is 22.6 Å². The maximum atomic E-state index is 13.2. The molecule has 0 spiro atoms. The van der Waals surface area contributed by atoms with Gasteiger partial charge in [-0.15, -0.1) is 0 Å². The molecule has 1 aromatic heterocycles. The third kappa shape index (κ3) is 3.26. The minimum atomic E-state index is -0.397. The molecule has 2 heterocycles. The van der Waals surface area contributed by atoms with Gasteiger partial charge in [0.05, 0.1) is 5.41 Å². The molecule has 0 bridgehead atoms. The van der Waals surface area contributed by atoms with Gasteiger partial charge in [0, 0.05) is 23.9 Å². The van der Waals surface area contributed by atoms with Crippen LogP contribution in [0.15, 0.2) is 60.8 Å². The molecule has 3 aromatic rings. The largest absolute Gasteiger partial charge is 0.454 e. The molecule has 1 aliphatic carbocycles. The summed E-state index contributed by atoms with van der Waals surface area (Å²) in [5.41, 5.74) is 5.05. The first-order valence-corrected chi connectivity index (χ1v) is 10.5. The number of ketones is 1. The quantitative estimate of drug-likeness (QED) is 0.553. The van der Waals surface area contributed by atoms with Crippen LogP contribution < -0.4 is 9.47 Å². The molecule has 4 nitrogen and oxygen atoms in total. The van der Waals surface area contributed by atoms with E-state index in [2.05, 4.69) is 49.2 Å². The van der Waals surface area contributed by atoms with E-state index in [1.165, 1.54) is 11.1 Å². The van der Waals surface area contributed by atoms with Crippen LogP contribution in [0, 0.1) is 0 Å². The van der Waals surface area contributed by atoms with Crippen LogP contribution in [0.3, 0.4) is 0 Å². The van der Waals surface area contributed by atoms with Crippen molar-refractivity contribution in [2.45, 2.75) is 44.4 Å². The number of ether oxygens (including phenoxy) is 2. The fraction of sp³-hybridized carbons (Fsp3) is 0.308. The maximum Gasteiger partial charge on any atom is 0.231 e. The first-order valence-electron chi connectivity index (χ1n) is 10.5. The van der Waals surface area contributed by atoms with Gasteiger partial charge in [0.1, 0.15) is 5.78 Å². The van der Waals surface area contributed by atoms with Crippen molar-refractivity contribution < 1.29 is 14.3 Å². The fourth-order valence-corrected chi connectivity index (χ4v) is 4.33. The number of hydrogen-bond acceptors (Lipinski definition) is 4. The van der Waals surface area contributed by atoms with Crippen molar-refractivity contribution in [1.29, 1.82) is 0 Å². The molecule has 1 saturated carbocycles. The molecule has 0 radical (unpaired) electrons. The van der Waals surface area contributed by atoms with Crippen molar-refractivity contribution in [1.82, 2.24) is 4.98 Å². The lowest BCUT2D eigenvalue weighted by atomic mass is 9.88. The number of carbonyl (C=O) groups excluding carboxylic acids is 1. The highest BCUT2D eigenvalue weighted by Gasteiger charge is 2.50. The lowest BCUT2D eigenvalue weighted by Crippen LogP contribution is -2.22. The van der Waals surface area contributed by atoms with Crippen LogP contribution in [-0.4, -0.2) is 17.6 Å². The number of hydrogen-bond donors (Lipinski definition) is 0. The van der Waals surface area contributed by atoms with Crippen molar-refractivity contribution >= 4 is 5.78 Å². The Morgan fingerprint density at radius 3 is 2.57 bits per heavy atom. The third-order valence-electron chi connectivity index (χ3n) is 6.27. The summed E-state index contributed by atoms with van der Waals surface area (Å²) in [4.78, 5) is 17.8. The highest BCUT2D eigenvalue weighted by Crippen LogP contribution is 2.51. The van der Waals surface area contributed by atoms with Gasteiger partial charge in [-0.05, 0) is 53.6 Å². The summed E-state index contributed by atoms with van der Waals surface area (Å²) in [7, 11) is 0. The lowest BCUT2D eigenvalue weighted by Gasteiger charge is -2.15. The molecule has 0 atom stereocenters. The number of nitrogens with zero attached hydrogens (tertiary/aromatic N) is 1. The Hall–Kier alpha value is -3.14. The highest BCUT2D eigenvalue weighted by atomic mass is 16.7. The summed E-state index contributed by atoms with van der Waals surface area (Å²) in [6, 6.07) is 18.4. The predicted molar refractivity (Wildman–Crippen MR) is 116 cm³/mol. The van der Waals surface area contributed by atoms with Crippen molar-refractivity contribution in [2.24, 2.45) is 0 Å². The number of rotatable bonds is 6. The van der Waals surface area contributed by atoms with E-state index in [-0.39, 0.29) is 12.6 Å². The van der Waals surface area contributed by atoms with E-state index >= 15 is 0 Å². The van der Waals surface area contributed by atoms with Gasteiger partial charge in [-0.2, -0.15) is 0 Å². The molecule has 152 valence electrons. The number of carbonyl (C=O) groups is 1. The number of pyridine rings is 1. The predicted octanol–water partition coefficient (Wildman–Crippen LogP) is 5.44. The Bertz CT molecular complexity index is 1100. The lowest BCUT2D eigenvalue weighted by molar-refractivity contribution is -0.120. The molecule has 2 aromatic carbocycles. The SMILES string of the molecule is CC(C)c1ccccc1-c1ccc(CC(=O)C2(c3ccc4c(c3)OCO4)CC2)nc1. The van der Waals surface area contributed by atoms with E-state index in [0.29, 0.717) is 12.3 Å². The zero-order chi connectivity index (χ0) is 20.7. The van der Waals surface area contributed by atoms with Gasteiger partial charge >= 0.3 is 0 Å². The Balaban J connectivity index is 1.35. The van der Waals surface area contributed by atoms with Gasteiger partial charge in [0.2, 0.25) is 6.79 Å². The number of benzene rings is 2. The van der Waals surface area contributed by atoms with E-state index in [0.717, 1.165) is 41.2 Å². The van der Waals surface area contributed by atoms with E-state index < -0.39 is 5.41 Å². The number of aromatic nitrogens is 1. The second kappa shape index (κ2) is 7.28. The smallest absolute Gasteiger partial charge is 0.231 e. The molecular weight excluding hydrogens is 374 g/mol. The number of Topliss-reactive ketones (excluding diaryl/α,β-unsaturated/α-hetero) is 1. The molecule has 0 saturated heterocycles. The van der Waals surface area contributed by atoms with Crippen LogP contribution in [0.5, 0.6) is 11.5 Å². The maximum absolute atomic E-state index is 13.2. The molecule has 0 amide bonds. The second-order valence-corrected chi connectivity index (χ2v) is 8.53. The summed E-state index contributed by atoms with van der Waals surface area (Å²) in [5, 5.41) is 0. The van der Waals surface area contributed by atoms with Crippen molar-refractivity contribution in [3.05, 3.63) is 77.6 Å². The second-order valence-electron chi connectivity index (χ2n) is 8.53. The van der Waals surface area contributed by atoms with Crippen LogP contribution in [0.2, 0.25) is 0 Å². The van der Waals surface area contributed by atoms with E-state index in [4.69, 9.17) is 9.47 Å². The summed E-state index contributed by atoms with van der Waals surface area (Å²) < 4.78 is 10.9. The highest BCUT2D eigenvalue weighted by molar-refractivity contribution is 5.94. The van der Waals surface area contributed by atoms with Gasteiger partial charge in [0.25, 0.3) is 0 Å². The average molecular weight is 399 g/mol. The topological polar surface area (TPSA) is 48.4 Å². The van der Waals surface area contributed by atoms with Crippen molar-refractivity contribution in [3.63, 3.8) is 0 Å². The minimum absolute atomic E-state index is 0.226. The normalized spacial score (nSPS) is 16.0. The molecule has 5 rings (SSSR count). The summed E-state index contributed by atoms with van der Waals surface area (Å²) >= 11 is 0. The number of fused-ring (bicyclic) bond motifs is 1. The first-order chi connectivity index (χ1) is 14.6. The van der Waals surface area contributed by atoms with E-state index in [1.807, 2.05) is 30.5 Å². The van der Waals surface area contributed by atoms with Crippen molar-refractivity contribution in [2.75, 3.05) is 6.79 Å². The molecule has 2 aliphatic rings. The zero-order valence-electron chi connectivity index (χ0n) is 17.4. The first kappa shape index (κ1) is 18.9. The minimum Gasteiger partial charge on any atom is -0.454 e. The Labute approximate surface area is 176 Å². The summed E-state index contributed by atoms with van der Waals surface area (Å²) in [6.45, 7) is 4.64. The Morgan fingerprint density at radius 1 is 1.03 bits per heavy atom. The molecule has 4 heteroatoms. The van der Waals surface area contributed by atoms with Crippen LogP contribution in [0.25, 0.3) is 11.1 Å². The third-order valence-corrected chi connectivity index (χ3v) is 6.27. The Morgan fingerprint density at radius 2 is 1.83 bits per heavy atom. The van der Waals surface area contributed by atoms with Crippen LogP contribution in [0.1, 0.15) is 49.4 Å². The average Bonchev–Trinajstić information content (AvgIpc) is 3.45. The van der Waals surface area contributed by atoms with Gasteiger partial charge in [-0.3, -0.25) is 9.78 Å². The molecular formula is C26H25NO3. The summed E-state index contributed by atoms with van der Waals surface area (Å²) in [5.74, 6) is 2.15. The monoisotopic (exact) mass is 399 g/mol. The zero-order valence-corrected chi connectivity index (χ0v) is 17.4. The summed E-state index contributed by atoms with van der Waals surface area (Å²) in [6.07, 6.45) is 4.00. The molecule has 1 aliphatic heterocycles. The van der Waals surface area contributed by atoms with Crippen LogP contribution >= 0.6 is 0 Å².